The summed E-state index contributed by atoms with van der Waals surface area (Å²) in [6.45, 7) is 14.2. The Bertz CT molecular complexity index is 822. The summed E-state index contributed by atoms with van der Waals surface area (Å²) in [5, 5.41) is 0. The fraction of sp³-hybridized carbons (Fsp3) is 0.360. The summed E-state index contributed by atoms with van der Waals surface area (Å²) in [5.41, 5.74) is 7.16. The largest absolute Gasteiger partial charge is 1.00 e. The third kappa shape index (κ3) is 4.58. The SMILES string of the molecule is CC1=[C]([Ti+3])C(C)C(C(c2ccccc2)(c2ccccc2)C(C)(C)C)=C1C.[Cl-].[Cl-].[Cl-]. The van der Waals surface area contributed by atoms with Crippen LogP contribution in [0.3, 0.4) is 0 Å². The third-order valence-corrected chi connectivity index (χ3v) is 7.44. The maximum absolute atomic E-state index is 2.39. The molecule has 0 saturated heterocycles. The van der Waals surface area contributed by atoms with Gasteiger partial charge in [0.15, 0.2) is 0 Å². The normalized spacial score (nSPS) is 16.8. The van der Waals surface area contributed by atoms with Crippen LogP contribution in [0.4, 0.5) is 0 Å². The van der Waals surface area contributed by atoms with Crippen molar-refractivity contribution in [1.82, 2.24) is 0 Å². The number of rotatable bonds is 3. The van der Waals surface area contributed by atoms with Crippen LogP contribution in [-0.2, 0) is 25.9 Å². The van der Waals surface area contributed by atoms with Crippen LogP contribution in [0.25, 0.3) is 0 Å². The summed E-state index contributed by atoms with van der Waals surface area (Å²) >= 11 is 2.31. The van der Waals surface area contributed by atoms with Crippen molar-refractivity contribution in [2.45, 2.75) is 47.0 Å². The van der Waals surface area contributed by atoms with Gasteiger partial charge >= 0.3 is 171 Å². The van der Waals surface area contributed by atoms with Crippen LogP contribution in [0.5, 0.6) is 0 Å². The zero-order valence-corrected chi connectivity index (χ0v) is 21.8. The van der Waals surface area contributed by atoms with Gasteiger partial charge in [0.2, 0.25) is 0 Å². The average molecular weight is 484 g/mol. The van der Waals surface area contributed by atoms with Gasteiger partial charge in [-0.1, -0.05) is 0 Å². The van der Waals surface area contributed by atoms with Gasteiger partial charge in [-0.2, -0.15) is 0 Å². The molecular weight excluding hydrogens is 455 g/mol. The zero-order chi connectivity index (χ0) is 19.1. The van der Waals surface area contributed by atoms with Gasteiger partial charge in [0.25, 0.3) is 0 Å². The van der Waals surface area contributed by atoms with E-state index in [0.717, 1.165) is 0 Å². The van der Waals surface area contributed by atoms with E-state index in [1.54, 1.807) is 5.57 Å². The minimum Gasteiger partial charge on any atom is -1.00 e. The molecule has 0 radical (unpaired) electrons. The zero-order valence-electron chi connectivity index (χ0n) is 18.0. The van der Waals surface area contributed by atoms with E-state index in [1.165, 1.54) is 26.2 Å². The molecule has 0 N–H and O–H groups in total. The van der Waals surface area contributed by atoms with Crippen LogP contribution in [0.15, 0.2) is 81.3 Å². The minimum atomic E-state index is -0.155. The first kappa shape index (κ1) is 28.5. The molecule has 1 aliphatic carbocycles. The summed E-state index contributed by atoms with van der Waals surface area (Å²) in [4.78, 5) is 0. The Labute approximate surface area is 207 Å². The Morgan fingerprint density at radius 2 is 1.07 bits per heavy atom. The van der Waals surface area contributed by atoms with E-state index in [0.29, 0.717) is 5.92 Å². The number of hydrogen-bond donors (Lipinski definition) is 0. The maximum atomic E-state index is 2.39. The molecule has 2 aromatic rings. The molecule has 0 saturated carbocycles. The van der Waals surface area contributed by atoms with Gasteiger partial charge in [0.1, 0.15) is 0 Å². The van der Waals surface area contributed by atoms with E-state index in [9.17, 15) is 0 Å². The van der Waals surface area contributed by atoms with Gasteiger partial charge in [0.05, 0.1) is 0 Å². The summed E-state index contributed by atoms with van der Waals surface area (Å²) in [6.07, 6.45) is 0. The maximum Gasteiger partial charge on any atom is -1.00 e. The number of benzene rings is 2. The average Bonchev–Trinajstić information content (AvgIpc) is 2.81. The summed E-state index contributed by atoms with van der Waals surface area (Å²) < 4.78 is 1.51. The van der Waals surface area contributed by atoms with Crippen molar-refractivity contribution in [2.24, 2.45) is 11.3 Å². The summed E-state index contributed by atoms with van der Waals surface area (Å²) in [7, 11) is 0. The van der Waals surface area contributed by atoms with Gasteiger partial charge in [-0.25, -0.2) is 0 Å². The summed E-state index contributed by atoms with van der Waals surface area (Å²) in [6, 6.07) is 22.2. The Kier molecular flexibility index (Phi) is 10.5. The molecule has 0 aliphatic heterocycles. The molecule has 0 fully saturated rings. The molecule has 1 atom stereocenters. The third-order valence-electron chi connectivity index (χ3n) is 6.18. The standard InChI is InChI=1S/C25H29.3ClH.Ti/c1-18-17-19(2)23(20(18)3)25(24(4,5)6,21-13-9-7-10-14-21)22-15-11-8-12-16-22;;;;/h7-16,19H,1-6H3;3*1H;/q;;;;+3/p-3. The summed E-state index contributed by atoms with van der Waals surface area (Å²) in [5.74, 6) is 0.453. The molecule has 154 valence electrons. The topological polar surface area (TPSA) is 0 Å². The predicted molar refractivity (Wildman–Crippen MR) is 108 cm³/mol. The molecule has 2 aromatic carbocycles. The van der Waals surface area contributed by atoms with E-state index in [2.05, 4.69) is 123 Å². The van der Waals surface area contributed by atoms with Crippen molar-refractivity contribution in [3.05, 3.63) is 92.4 Å². The van der Waals surface area contributed by atoms with E-state index >= 15 is 0 Å². The smallest absolute Gasteiger partial charge is 1.00 e. The van der Waals surface area contributed by atoms with E-state index < -0.39 is 0 Å². The van der Waals surface area contributed by atoms with E-state index in [1.807, 2.05) is 0 Å². The molecule has 1 unspecified atom stereocenters. The van der Waals surface area contributed by atoms with E-state index in [4.69, 9.17) is 0 Å². The van der Waals surface area contributed by atoms with Gasteiger partial charge in [0, 0.05) is 0 Å². The first-order chi connectivity index (χ1) is 12.2. The first-order valence-corrected chi connectivity index (χ1v) is 10.3. The van der Waals surface area contributed by atoms with E-state index in [-0.39, 0.29) is 48.1 Å². The molecule has 0 amide bonds. The van der Waals surface area contributed by atoms with Gasteiger partial charge < -0.3 is 37.2 Å². The molecule has 1 aliphatic rings. The number of allylic oxidation sites excluding steroid dienone is 4. The van der Waals surface area contributed by atoms with Crippen LogP contribution in [0.2, 0.25) is 0 Å². The van der Waals surface area contributed by atoms with Crippen LogP contribution < -0.4 is 37.2 Å². The fourth-order valence-electron chi connectivity index (χ4n) is 4.93. The quantitative estimate of drug-likeness (QED) is 0.436. The first-order valence-electron chi connectivity index (χ1n) is 9.48. The van der Waals surface area contributed by atoms with Crippen LogP contribution in [0, 0.1) is 11.3 Å². The van der Waals surface area contributed by atoms with Crippen LogP contribution in [0.1, 0.15) is 52.7 Å². The molecular formula is C25H29Cl3Ti. The minimum absolute atomic E-state index is 0. The Morgan fingerprint density at radius 3 is 1.34 bits per heavy atom. The van der Waals surface area contributed by atoms with Crippen molar-refractivity contribution < 1.29 is 57.7 Å². The monoisotopic (exact) mass is 482 g/mol. The Hall–Kier alpha value is -0.496. The van der Waals surface area contributed by atoms with Crippen molar-refractivity contribution in [3.63, 3.8) is 0 Å². The molecule has 0 nitrogen and oxygen atoms in total. The van der Waals surface area contributed by atoms with Crippen LogP contribution in [-0.4, -0.2) is 0 Å². The van der Waals surface area contributed by atoms with Crippen molar-refractivity contribution in [2.75, 3.05) is 0 Å². The van der Waals surface area contributed by atoms with Crippen LogP contribution >= 0.6 is 0 Å². The molecule has 0 bridgehead atoms. The van der Waals surface area contributed by atoms with Gasteiger partial charge in [-0.05, 0) is 0 Å². The number of hydrogen-bond acceptors (Lipinski definition) is 0. The number of halogens is 3. The van der Waals surface area contributed by atoms with Crippen molar-refractivity contribution >= 4 is 0 Å². The molecule has 0 aromatic heterocycles. The van der Waals surface area contributed by atoms with Crippen molar-refractivity contribution in [3.8, 4) is 0 Å². The molecule has 0 spiro atoms. The molecule has 3 rings (SSSR count). The van der Waals surface area contributed by atoms with Crippen molar-refractivity contribution in [1.29, 1.82) is 0 Å². The fourth-order valence-corrected chi connectivity index (χ4v) is 5.45. The second-order valence-electron chi connectivity index (χ2n) is 8.53. The molecule has 29 heavy (non-hydrogen) atoms. The molecule has 0 heterocycles. The second-order valence-corrected chi connectivity index (χ2v) is 9.37. The van der Waals surface area contributed by atoms with Gasteiger partial charge in [-0.15, -0.1) is 0 Å². The Morgan fingerprint density at radius 1 is 0.690 bits per heavy atom. The second kappa shape index (κ2) is 10.7. The van der Waals surface area contributed by atoms with Gasteiger partial charge in [-0.3, -0.25) is 0 Å². The Balaban J connectivity index is 0.00000261. The molecule has 4 heteroatoms. The predicted octanol–water partition coefficient (Wildman–Crippen LogP) is -2.18.